The maximum atomic E-state index is 11.5. The van der Waals surface area contributed by atoms with E-state index in [2.05, 4.69) is 5.32 Å². The molecule has 0 saturated carbocycles. The molecule has 5 heteroatoms. The lowest BCUT2D eigenvalue weighted by Crippen LogP contribution is -2.33. The number of amides is 1. The summed E-state index contributed by atoms with van der Waals surface area (Å²) in [5.74, 6) is -0.749. The Morgan fingerprint density at radius 2 is 1.80 bits per heavy atom. The van der Waals surface area contributed by atoms with E-state index in [0.29, 0.717) is 5.56 Å². The molecule has 1 aromatic rings. The van der Waals surface area contributed by atoms with Crippen LogP contribution in [0.15, 0.2) is 30.3 Å². The van der Waals surface area contributed by atoms with E-state index in [4.69, 9.17) is 23.2 Å². The molecule has 0 saturated heterocycles. The minimum Gasteiger partial charge on any atom is -0.346 e. The van der Waals surface area contributed by atoms with Gasteiger partial charge in [0.1, 0.15) is 0 Å². The predicted molar refractivity (Wildman–Crippen MR) is 59.3 cm³/mol. The minimum absolute atomic E-state index is 0.0984. The van der Waals surface area contributed by atoms with Crippen molar-refractivity contribution in [1.82, 2.24) is 5.32 Å². The van der Waals surface area contributed by atoms with E-state index in [1.54, 1.807) is 24.3 Å². The van der Waals surface area contributed by atoms with E-state index in [0.717, 1.165) is 0 Å². The Morgan fingerprint density at radius 3 is 2.33 bits per heavy atom. The van der Waals surface area contributed by atoms with Gasteiger partial charge in [-0.3, -0.25) is 9.59 Å². The second-order valence-corrected chi connectivity index (χ2v) is 3.90. The molecular weight excluding hydrogens is 237 g/mol. The van der Waals surface area contributed by atoms with Crippen molar-refractivity contribution < 1.29 is 9.59 Å². The van der Waals surface area contributed by atoms with Gasteiger partial charge in [0.05, 0.1) is 6.54 Å². The van der Waals surface area contributed by atoms with Gasteiger partial charge in [-0.1, -0.05) is 53.5 Å². The molecular formula is C10H9Cl2NO2. The van der Waals surface area contributed by atoms with Gasteiger partial charge < -0.3 is 5.32 Å². The number of alkyl halides is 2. The number of halogens is 2. The number of carbonyl (C=O) groups is 2. The van der Waals surface area contributed by atoms with Gasteiger partial charge in [0.25, 0.3) is 5.91 Å². The summed E-state index contributed by atoms with van der Waals surface area (Å²) in [6, 6.07) is 8.66. The monoisotopic (exact) mass is 245 g/mol. The number of hydrogen-bond acceptors (Lipinski definition) is 2. The lowest BCUT2D eigenvalue weighted by molar-refractivity contribution is -0.119. The molecule has 0 atom stereocenters. The van der Waals surface area contributed by atoms with Crippen molar-refractivity contribution in [3.8, 4) is 0 Å². The third kappa shape index (κ3) is 3.90. The summed E-state index contributed by atoms with van der Waals surface area (Å²) in [5.41, 5.74) is 0.540. The molecule has 0 unspecified atom stereocenters. The lowest BCUT2D eigenvalue weighted by atomic mass is 10.1. The number of carbonyl (C=O) groups excluding carboxylic acids is 2. The van der Waals surface area contributed by atoms with Gasteiger partial charge in [0.2, 0.25) is 0 Å². The fourth-order valence-electron chi connectivity index (χ4n) is 0.971. The number of ketones is 1. The van der Waals surface area contributed by atoms with Crippen LogP contribution in [0.5, 0.6) is 0 Å². The smallest absolute Gasteiger partial charge is 0.253 e. The van der Waals surface area contributed by atoms with Gasteiger partial charge in [0.15, 0.2) is 10.6 Å². The van der Waals surface area contributed by atoms with Crippen molar-refractivity contribution in [1.29, 1.82) is 0 Å². The van der Waals surface area contributed by atoms with Crippen molar-refractivity contribution in [2.24, 2.45) is 0 Å². The zero-order valence-corrected chi connectivity index (χ0v) is 9.26. The topological polar surface area (TPSA) is 46.2 Å². The molecule has 80 valence electrons. The third-order valence-electron chi connectivity index (χ3n) is 1.72. The molecule has 1 aromatic carbocycles. The summed E-state index contributed by atoms with van der Waals surface area (Å²) in [5, 5.41) is 2.33. The summed E-state index contributed by atoms with van der Waals surface area (Å²) in [6.07, 6.45) is 0. The molecule has 0 aliphatic carbocycles. The molecule has 3 nitrogen and oxygen atoms in total. The summed E-state index contributed by atoms with van der Waals surface area (Å²) >= 11 is 10.6. The fourth-order valence-corrected chi connectivity index (χ4v) is 1.12. The first-order chi connectivity index (χ1) is 7.11. The number of hydrogen-bond donors (Lipinski definition) is 1. The molecule has 1 amide bonds. The van der Waals surface area contributed by atoms with Gasteiger partial charge in [-0.15, -0.1) is 0 Å². The molecule has 15 heavy (non-hydrogen) atoms. The van der Waals surface area contributed by atoms with E-state index >= 15 is 0 Å². The Balaban J connectivity index is 2.48. The van der Waals surface area contributed by atoms with Crippen molar-refractivity contribution in [3.63, 3.8) is 0 Å². The van der Waals surface area contributed by atoms with E-state index in [1.165, 1.54) is 0 Å². The van der Waals surface area contributed by atoms with Crippen LogP contribution >= 0.6 is 23.2 Å². The van der Waals surface area contributed by atoms with Crippen LogP contribution in [-0.4, -0.2) is 23.1 Å². The first-order valence-electron chi connectivity index (χ1n) is 4.25. The highest BCUT2D eigenvalue weighted by molar-refractivity contribution is 6.53. The second-order valence-electron chi connectivity index (χ2n) is 2.81. The molecule has 1 N–H and O–H groups in total. The van der Waals surface area contributed by atoms with Crippen LogP contribution in [0.25, 0.3) is 0 Å². The summed E-state index contributed by atoms with van der Waals surface area (Å²) < 4.78 is 0. The SMILES string of the molecule is O=C(CNC(=O)C(Cl)Cl)c1ccccc1. The standard InChI is InChI=1S/C10H9Cl2NO2/c11-9(12)10(15)13-6-8(14)7-4-2-1-3-5-7/h1-5,9H,6H2,(H,13,15). The average Bonchev–Trinajstić information content (AvgIpc) is 2.26. The summed E-state index contributed by atoms with van der Waals surface area (Å²) in [7, 11) is 0. The predicted octanol–water partition coefficient (Wildman–Crippen LogP) is 1.79. The maximum Gasteiger partial charge on any atom is 0.253 e. The highest BCUT2D eigenvalue weighted by Crippen LogP contribution is 2.02. The highest BCUT2D eigenvalue weighted by atomic mass is 35.5. The number of rotatable bonds is 4. The highest BCUT2D eigenvalue weighted by Gasteiger charge is 2.12. The normalized spacial score (nSPS) is 10.1. The molecule has 0 bridgehead atoms. The van der Waals surface area contributed by atoms with Gasteiger partial charge in [-0.2, -0.15) is 0 Å². The molecule has 1 rings (SSSR count). The largest absolute Gasteiger partial charge is 0.346 e. The van der Waals surface area contributed by atoms with Gasteiger partial charge in [-0.05, 0) is 0 Å². The number of nitrogens with one attached hydrogen (secondary N) is 1. The van der Waals surface area contributed by atoms with Crippen LogP contribution in [0, 0.1) is 0 Å². The lowest BCUT2D eigenvalue weighted by Gasteiger charge is -2.04. The molecule has 0 aromatic heterocycles. The Kier molecular flexibility index (Phi) is 4.59. The Bertz CT molecular complexity index is 352. The molecule has 0 aliphatic rings. The van der Waals surface area contributed by atoms with Crippen molar-refractivity contribution in [3.05, 3.63) is 35.9 Å². The molecule has 0 spiro atoms. The van der Waals surface area contributed by atoms with Crippen LogP contribution in [-0.2, 0) is 4.79 Å². The van der Waals surface area contributed by atoms with Crippen LogP contribution in [0.3, 0.4) is 0 Å². The van der Waals surface area contributed by atoms with Gasteiger partial charge in [0, 0.05) is 5.56 Å². The first-order valence-corrected chi connectivity index (χ1v) is 5.12. The summed E-state index contributed by atoms with van der Waals surface area (Å²) in [6.45, 7) is -0.0984. The van der Waals surface area contributed by atoms with E-state index in [-0.39, 0.29) is 12.3 Å². The zero-order valence-electron chi connectivity index (χ0n) is 7.74. The molecule has 0 radical (unpaired) electrons. The van der Waals surface area contributed by atoms with Crippen molar-refractivity contribution in [2.45, 2.75) is 4.84 Å². The first kappa shape index (κ1) is 12.0. The van der Waals surface area contributed by atoms with Gasteiger partial charge in [-0.25, -0.2) is 0 Å². The quantitative estimate of drug-likeness (QED) is 0.650. The molecule has 0 aliphatic heterocycles. The summed E-state index contributed by atoms with van der Waals surface area (Å²) in [4.78, 5) is 21.3. The minimum atomic E-state index is -1.14. The second kappa shape index (κ2) is 5.73. The van der Waals surface area contributed by atoms with Crippen LogP contribution in [0.4, 0.5) is 0 Å². The van der Waals surface area contributed by atoms with E-state index < -0.39 is 10.7 Å². The molecule has 0 heterocycles. The Morgan fingerprint density at radius 1 is 1.20 bits per heavy atom. The molecule has 0 fully saturated rings. The van der Waals surface area contributed by atoms with E-state index in [9.17, 15) is 9.59 Å². The van der Waals surface area contributed by atoms with Crippen LogP contribution in [0.1, 0.15) is 10.4 Å². The average molecular weight is 246 g/mol. The zero-order chi connectivity index (χ0) is 11.3. The third-order valence-corrected chi connectivity index (χ3v) is 2.11. The Labute approximate surface area is 97.4 Å². The van der Waals surface area contributed by atoms with Crippen molar-refractivity contribution >= 4 is 34.9 Å². The van der Waals surface area contributed by atoms with Gasteiger partial charge >= 0.3 is 0 Å². The maximum absolute atomic E-state index is 11.5. The van der Waals surface area contributed by atoms with Crippen LogP contribution < -0.4 is 5.32 Å². The van der Waals surface area contributed by atoms with Crippen molar-refractivity contribution in [2.75, 3.05) is 6.54 Å². The fraction of sp³-hybridized carbons (Fsp3) is 0.200. The Hall–Kier alpha value is -1.06. The number of Topliss-reactive ketones (excluding diaryl/α,β-unsaturated/α-hetero) is 1. The number of benzene rings is 1. The van der Waals surface area contributed by atoms with E-state index in [1.807, 2.05) is 6.07 Å². The van der Waals surface area contributed by atoms with Crippen LogP contribution in [0.2, 0.25) is 0 Å².